The second-order valence-corrected chi connectivity index (χ2v) is 3.71. The smallest absolute Gasteiger partial charge is 0.278 e. The molecule has 0 radical (unpaired) electrons. The number of nitrogens with two attached hydrogens (primary N) is 1. The summed E-state index contributed by atoms with van der Waals surface area (Å²) in [5, 5.41) is 1.02. The van der Waals surface area contributed by atoms with Gasteiger partial charge in [-0.2, -0.15) is 0 Å². The first-order chi connectivity index (χ1) is 8.18. The summed E-state index contributed by atoms with van der Waals surface area (Å²) in [7, 11) is 1.50. The number of hydrogen-bond acceptors (Lipinski definition) is 3. The van der Waals surface area contributed by atoms with Crippen molar-refractivity contribution in [3.05, 3.63) is 54.4 Å². The van der Waals surface area contributed by atoms with Crippen molar-refractivity contribution in [1.29, 1.82) is 0 Å². The fourth-order valence-corrected chi connectivity index (χ4v) is 1.54. The Morgan fingerprint density at radius 1 is 1.18 bits per heavy atom. The summed E-state index contributed by atoms with van der Waals surface area (Å²) in [6.07, 6.45) is 1.61. The predicted octanol–water partition coefficient (Wildman–Crippen LogP) is 1.69. The van der Waals surface area contributed by atoms with Gasteiger partial charge in [0.25, 0.3) is 5.91 Å². The Bertz CT molecular complexity index is 523. The summed E-state index contributed by atoms with van der Waals surface area (Å²) in [4.78, 5) is 15.7. The largest absolute Gasteiger partial charge is 0.286 e. The van der Waals surface area contributed by atoms with E-state index in [1.54, 1.807) is 12.3 Å². The summed E-state index contributed by atoms with van der Waals surface area (Å²) in [6, 6.07) is 13.4. The number of hydrazine groups is 1. The number of carbonyl (C=O) groups is 1. The van der Waals surface area contributed by atoms with E-state index in [0.717, 1.165) is 16.1 Å². The maximum atomic E-state index is 11.7. The number of hydrogen-bond donors (Lipinski definition) is 1. The molecule has 1 heterocycles. The van der Waals surface area contributed by atoms with Crippen LogP contribution in [-0.4, -0.2) is 22.9 Å². The molecule has 1 aromatic heterocycles. The van der Waals surface area contributed by atoms with Gasteiger partial charge in [0.15, 0.2) is 0 Å². The van der Waals surface area contributed by atoms with Crippen LogP contribution in [0.2, 0.25) is 0 Å². The topological polar surface area (TPSA) is 59.2 Å². The van der Waals surface area contributed by atoms with Crippen LogP contribution in [0.5, 0.6) is 0 Å². The Kier molecular flexibility index (Phi) is 3.16. The van der Waals surface area contributed by atoms with Gasteiger partial charge < -0.3 is 0 Å². The van der Waals surface area contributed by atoms with Gasteiger partial charge in [-0.15, -0.1) is 0 Å². The molecule has 86 valence electrons. The molecule has 17 heavy (non-hydrogen) atoms. The maximum absolute atomic E-state index is 11.7. The zero-order valence-corrected chi connectivity index (χ0v) is 9.50. The van der Waals surface area contributed by atoms with Crippen LogP contribution in [0.15, 0.2) is 48.7 Å². The maximum Gasteiger partial charge on any atom is 0.286 e. The number of aromatic nitrogens is 1. The standard InChI is InChI=1S/C13H13N3O/c1-16(14)13(17)12-9-11(7-8-15-12)10-5-3-2-4-6-10/h2-9H,14H2,1H3. The SMILES string of the molecule is CN(N)C(=O)c1cc(-c2ccccc2)ccn1. The zero-order valence-electron chi connectivity index (χ0n) is 9.50. The minimum absolute atomic E-state index is 0.303. The van der Waals surface area contributed by atoms with E-state index in [-0.39, 0.29) is 5.91 Å². The van der Waals surface area contributed by atoms with E-state index in [2.05, 4.69) is 4.98 Å². The van der Waals surface area contributed by atoms with Crippen LogP contribution in [0.4, 0.5) is 0 Å². The Balaban J connectivity index is 2.39. The second-order valence-electron chi connectivity index (χ2n) is 3.71. The van der Waals surface area contributed by atoms with Crippen molar-refractivity contribution in [2.75, 3.05) is 7.05 Å². The molecule has 0 saturated carbocycles. The average molecular weight is 227 g/mol. The van der Waals surface area contributed by atoms with Gasteiger partial charge in [-0.25, -0.2) is 5.84 Å². The summed E-state index contributed by atoms with van der Waals surface area (Å²) in [5.74, 6) is 5.10. The highest BCUT2D eigenvalue weighted by Gasteiger charge is 2.10. The van der Waals surface area contributed by atoms with E-state index in [1.165, 1.54) is 7.05 Å². The minimum Gasteiger partial charge on any atom is -0.278 e. The van der Waals surface area contributed by atoms with Gasteiger partial charge in [0.1, 0.15) is 5.69 Å². The van der Waals surface area contributed by atoms with Crippen molar-refractivity contribution in [2.45, 2.75) is 0 Å². The van der Waals surface area contributed by atoms with Gasteiger partial charge in [-0.3, -0.25) is 14.8 Å². The lowest BCUT2D eigenvalue weighted by atomic mass is 10.1. The van der Waals surface area contributed by atoms with E-state index < -0.39 is 0 Å². The van der Waals surface area contributed by atoms with Crippen molar-refractivity contribution < 1.29 is 4.79 Å². The Hall–Kier alpha value is -2.20. The summed E-state index contributed by atoms with van der Waals surface area (Å²) < 4.78 is 0. The summed E-state index contributed by atoms with van der Waals surface area (Å²) in [5.41, 5.74) is 2.34. The highest BCUT2D eigenvalue weighted by Crippen LogP contribution is 2.18. The van der Waals surface area contributed by atoms with E-state index in [4.69, 9.17) is 5.84 Å². The first-order valence-corrected chi connectivity index (χ1v) is 5.22. The van der Waals surface area contributed by atoms with Crippen LogP contribution in [0, 0.1) is 0 Å². The number of nitrogens with zero attached hydrogens (tertiary/aromatic N) is 2. The van der Waals surface area contributed by atoms with E-state index in [0.29, 0.717) is 5.69 Å². The summed E-state index contributed by atoms with van der Waals surface area (Å²) in [6.45, 7) is 0. The van der Waals surface area contributed by atoms with Crippen LogP contribution in [-0.2, 0) is 0 Å². The number of pyridine rings is 1. The molecular weight excluding hydrogens is 214 g/mol. The molecule has 1 aromatic carbocycles. The van der Waals surface area contributed by atoms with E-state index in [9.17, 15) is 4.79 Å². The molecule has 0 fully saturated rings. The molecule has 0 spiro atoms. The van der Waals surface area contributed by atoms with Crippen molar-refractivity contribution in [3.63, 3.8) is 0 Å². The van der Waals surface area contributed by atoms with Crippen LogP contribution in [0.25, 0.3) is 11.1 Å². The van der Waals surface area contributed by atoms with Crippen molar-refractivity contribution >= 4 is 5.91 Å². The molecule has 0 saturated heterocycles. The monoisotopic (exact) mass is 227 g/mol. The lowest BCUT2D eigenvalue weighted by Gasteiger charge is -2.09. The number of benzene rings is 1. The Labute approximate surface area is 99.7 Å². The van der Waals surface area contributed by atoms with Gasteiger partial charge in [0, 0.05) is 13.2 Å². The third kappa shape index (κ3) is 2.49. The predicted molar refractivity (Wildman–Crippen MR) is 66.0 cm³/mol. The number of rotatable bonds is 2. The van der Waals surface area contributed by atoms with Crippen LogP contribution >= 0.6 is 0 Å². The molecule has 0 aliphatic carbocycles. The van der Waals surface area contributed by atoms with Crippen molar-refractivity contribution in [2.24, 2.45) is 5.84 Å². The molecule has 0 atom stereocenters. The van der Waals surface area contributed by atoms with Crippen LogP contribution in [0.3, 0.4) is 0 Å². The molecule has 0 aliphatic heterocycles. The lowest BCUT2D eigenvalue weighted by Crippen LogP contribution is -2.33. The fraction of sp³-hybridized carbons (Fsp3) is 0.0769. The normalized spacial score (nSPS) is 10.0. The molecule has 4 nitrogen and oxygen atoms in total. The second kappa shape index (κ2) is 4.76. The first kappa shape index (κ1) is 11.3. The van der Waals surface area contributed by atoms with Gasteiger partial charge in [-0.05, 0) is 23.3 Å². The highest BCUT2D eigenvalue weighted by atomic mass is 16.2. The molecule has 2 rings (SSSR count). The van der Waals surface area contributed by atoms with Gasteiger partial charge >= 0.3 is 0 Å². The first-order valence-electron chi connectivity index (χ1n) is 5.22. The van der Waals surface area contributed by atoms with Gasteiger partial charge in [0.2, 0.25) is 0 Å². The molecule has 2 N–H and O–H groups in total. The molecular formula is C13H13N3O. The lowest BCUT2D eigenvalue weighted by molar-refractivity contribution is 0.0789. The minimum atomic E-state index is -0.303. The number of amides is 1. The van der Waals surface area contributed by atoms with Crippen LogP contribution in [0.1, 0.15) is 10.5 Å². The van der Waals surface area contributed by atoms with Crippen LogP contribution < -0.4 is 5.84 Å². The molecule has 0 bridgehead atoms. The fourth-order valence-electron chi connectivity index (χ4n) is 1.54. The van der Waals surface area contributed by atoms with Crippen molar-refractivity contribution in [3.8, 4) is 11.1 Å². The highest BCUT2D eigenvalue weighted by molar-refractivity contribution is 5.92. The van der Waals surface area contributed by atoms with E-state index >= 15 is 0 Å². The number of carbonyl (C=O) groups excluding carboxylic acids is 1. The Morgan fingerprint density at radius 3 is 2.53 bits per heavy atom. The third-order valence-corrected chi connectivity index (χ3v) is 2.41. The van der Waals surface area contributed by atoms with E-state index in [1.807, 2.05) is 36.4 Å². The molecule has 1 amide bonds. The molecule has 0 unspecified atom stereocenters. The Morgan fingerprint density at radius 2 is 1.88 bits per heavy atom. The van der Waals surface area contributed by atoms with Gasteiger partial charge in [-0.1, -0.05) is 30.3 Å². The molecule has 4 heteroatoms. The quantitative estimate of drug-likeness (QED) is 0.482. The average Bonchev–Trinajstić information content (AvgIpc) is 2.39. The molecule has 2 aromatic rings. The summed E-state index contributed by atoms with van der Waals surface area (Å²) >= 11 is 0. The third-order valence-electron chi connectivity index (χ3n) is 2.41. The van der Waals surface area contributed by atoms with Gasteiger partial charge in [0.05, 0.1) is 0 Å². The molecule has 0 aliphatic rings. The zero-order chi connectivity index (χ0) is 12.3. The van der Waals surface area contributed by atoms with Crippen molar-refractivity contribution in [1.82, 2.24) is 9.99 Å².